The molecule has 0 bridgehead atoms. The molecule has 4 heteroatoms. The third kappa shape index (κ3) is 3.18. The molecule has 82 valence electrons. The maximum atomic E-state index is 11.3. The fourth-order valence-electron chi connectivity index (χ4n) is 1.67. The predicted molar refractivity (Wildman–Crippen MR) is 53.0 cm³/mol. The summed E-state index contributed by atoms with van der Waals surface area (Å²) in [5.41, 5.74) is 0. The summed E-state index contributed by atoms with van der Waals surface area (Å²) in [6.45, 7) is 6.22. The van der Waals surface area contributed by atoms with E-state index in [4.69, 9.17) is 9.84 Å². The van der Waals surface area contributed by atoms with Gasteiger partial charge in [-0.15, -0.1) is 0 Å². The van der Waals surface area contributed by atoms with Crippen molar-refractivity contribution in [2.45, 2.75) is 20.3 Å². The van der Waals surface area contributed by atoms with Gasteiger partial charge in [-0.1, -0.05) is 13.8 Å². The Morgan fingerprint density at radius 3 is 2.93 bits per heavy atom. The molecule has 1 aliphatic heterocycles. The summed E-state index contributed by atoms with van der Waals surface area (Å²) in [4.78, 5) is 13.1. The van der Waals surface area contributed by atoms with Gasteiger partial charge in [-0.2, -0.15) is 0 Å². The summed E-state index contributed by atoms with van der Waals surface area (Å²) in [5, 5.41) is 8.79. The summed E-state index contributed by atoms with van der Waals surface area (Å²) >= 11 is 0. The van der Waals surface area contributed by atoms with Gasteiger partial charge in [0.2, 0.25) is 0 Å². The van der Waals surface area contributed by atoms with E-state index in [1.54, 1.807) is 4.90 Å². The number of nitrogens with zero attached hydrogens (tertiary/aromatic N) is 1. The van der Waals surface area contributed by atoms with Crippen molar-refractivity contribution >= 4 is 6.09 Å². The quantitative estimate of drug-likeness (QED) is 0.740. The van der Waals surface area contributed by atoms with E-state index in [2.05, 4.69) is 13.8 Å². The molecule has 0 saturated carbocycles. The van der Waals surface area contributed by atoms with Crippen LogP contribution in [-0.2, 0) is 4.74 Å². The molecule has 14 heavy (non-hydrogen) atoms. The van der Waals surface area contributed by atoms with E-state index in [0.29, 0.717) is 18.9 Å². The van der Waals surface area contributed by atoms with Crippen LogP contribution in [0.5, 0.6) is 0 Å². The maximum absolute atomic E-state index is 11.3. The van der Waals surface area contributed by atoms with Gasteiger partial charge in [-0.05, 0) is 12.3 Å². The number of aliphatic hydroxyl groups excluding tert-OH is 1. The zero-order valence-electron chi connectivity index (χ0n) is 8.90. The van der Waals surface area contributed by atoms with Crippen LogP contribution in [0.2, 0.25) is 0 Å². The fraction of sp³-hybridized carbons (Fsp3) is 0.900. The highest BCUT2D eigenvalue weighted by Crippen LogP contribution is 2.15. The van der Waals surface area contributed by atoms with E-state index in [9.17, 15) is 4.79 Å². The Labute approximate surface area is 84.8 Å². The van der Waals surface area contributed by atoms with Crippen molar-refractivity contribution in [1.29, 1.82) is 0 Å². The molecule has 0 aromatic rings. The third-order valence-electron chi connectivity index (χ3n) is 2.30. The monoisotopic (exact) mass is 201 g/mol. The molecule has 0 aliphatic carbocycles. The van der Waals surface area contributed by atoms with Crippen molar-refractivity contribution in [3.8, 4) is 0 Å². The van der Waals surface area contributed by atoms with Gasteiger partial charge >= 0.3 is 6.09 Å². The van der Waals surface area contributed by atoms with E-state index in [-0.39, 0.29) is 18.6 Å². The molecule has 1 unspecified atom stereocenters. The lowest BCUT2D eigenvalue weighted by Crippen LogP contribution is -2.44. The molecule has 0 radical (unpaired) electrons. The first-order chi connectivity index (χ1) is 6.63. The fourth-order valence-corrected chi connectivity index (χ4v) is 1.67. The standard InChI is InChI=1S/C10H19NO3/c1-8(2)5-11-6-9(3-4-12)7-14-10(11)13/h8-9,12H,3-7H2,1-2H3. The van der Waals surface area contributed by atoms with Crippen molar-refractivity contribution in [3.63, 3.8) is 0 Å². The summed E-state index contributed by atoms with van der Waals surface area (Å²) < 4.78 is 5.03. The van der Waals surface area contributed by atoms with Crippen molar-refractivity contribution in [3.05, 3.63) is 0 Å². The van der Waals surface area contributed by atoms with E-state index in [1.165, 1.54) is 0 Å². The maximum Gasteiger partial charge on any atom is 0.409 e. The molecular formula is C10H19NO3. The molecule has 0 aromatic heterocycles. The second-order valence-corrected chi connectivity index (χ2v) is 4.25. The highest BCUT2D eigenvalue weighted by Gasteiger charge is 2.26. The highest BCUT2D eigenvalue weighted by atomic mass is 16.6. The zero-order valence-corrected chi connectivity index (χ0v) is 8.90. The van der Waals surface area contributed by atoms with Gasteiger partial charge < -0.3 is 14.7 Å². The number of hydrogen-bond donors (Lipinski definition) is 1. The van der Waals surface area contributed by atoms with E-state index in [1.807, 2.05) is 0 Å². The van der Waals surface area contributed by atoms with E-state index in [0.717, 1.165) is 13.1 Å². The van der Waals surface area contributed by atoms with Crippen LogP contribution in [0.4, 0.5) is 4.79 Å². The Balaban J connectivity index is 2.42. The molecule has 1 amide bonds. The van der Waals surface area contributed by atoms with Crippen molar-refractivity contribution in [1.82, 2.24) is 4.90 Å². The second kappa shape index (κ2) is 5.20. The summed E-state index contributed by atoms with van der Waals surface area (Å²) in [7, 11) is 0. The molecule has 1 atom stereocenters. The molecule has 1 rings (SSSR count). The topological polar surface area (TPSA) is 49.8 Å². The van der Waals surface area contributed by atoms with Crippen molar-refractivity contribution in [2.75, 3.05) is 26.3 Å². The number of rotatable bonds is 4. The van der Waals surface area contributed by atoms with Crippen LogP contribution in [0.15, 0.2) is 0 Å². The van der Waals surface area contributed by atoms with E-state index >= 15 is 0 Å². The molecule has 0 spiro atoms. The number of aliphatic hydroxyl groups is 1. The molecule has 1 heterocycles. The molecule has 4 nitrogen and oxygen atoms in total. The summed E-state index contributed by atoms with van der Waals surface area (Å²) in [6, 6.07) is 0. The van der Waals surface area contributed by atoms with Gasteiger partial charge in [0, 0.05) is 25.6 Å². The zero-order chi connectivity index (χ0) is 10.6. The first kappa shape index (κ1) is 11.3. The van der Waals surface area contributed by atoms with Crippen molar-refractivity contribution in [2.24, 2.45) is 11.8 Å². The molecular weight excluding hydrogens is 182 g/mol. The number of cyclic esters (lactones) is 1. The summed E-state index contributed by atoms with van der Waals surface area (Å²) in [6.07, 6.45) is 0.495. The second-order valence-electron chi connectivity index (χ2n) is 4.25. The van der Waals surface area contributed by atoms with Crippen LogP contribution >= 0.6 is 0 Å². The molecule has 1 aliphatic rings. The van der Waals surface area contributed by atoms with Crippen LogP contribution in [-0.4, -0.2) is 42.4 Å². The lowest BCUT2D eigenvalue weighted by molar-refractivity contribution is 0.0318. The Kier molecular flexibility index (Phi) is 4.20. The third-order valence-corrected chi connectivity index (χ3v) is 2.30. The van der Waals surface area contributed by atoms with Crippen LogP contribution in [0.3, 0.4) is 0 Å². The number of amides is 1. The number of carbonyl (C=O) groups excluding carboxylic acids is 1. The van der Waals surface area contributed by atoms with Crippen LogP contribution in [0, 0.1) is 11.8 Å². The molecule has 0 aromatic carbocycles. The highest BCUT2D eigenvalue weighted by molar-refractivity contribution is 5.68. The minimum Gasteiger partial charge on any atom is -0.449 e. The number of hydrogen-bond acceptors (Lipinski definition) is 3. The minimum atomic E-state index is -0.215. The van der Waals surface area contributed by atoms with Gasteiger partial charge in [-0.25, -0.2) is 4.79 Å². The SMILES string of the molecule is CC(C)CN1CC(CCO)COC1=O. The lowest BCUT2D eigenvalue weighted by Gasteiger charge is -2.32. The smallest absolute Gasteiger partial charge is 0.409 e. The largest absolute Gasteiger partial charge is 0.449 e. The molecule has 1 saturated heterocycles. The molecule has 1 fully saturated rings. The van der Waals surface area contributed by atoms with Gasteiger partial charge in [0.05, 0.1) is 6.61 Å². The van der Waals surface area contributed by atoms with Crippen LogP contribution in [0.25, 0.3) is 0 Å². The lowest BCUT2D eigenvalue weighted by atomic mass is 10.0. The van der Waals surface area contributed by atoms with Gasteiger partial charge in [0.15, 0.2) is 0 Å². The first-order valence-corrected chi connectivity index (χ1v) is 5.16. The Hall–Kier alpha value is -0.770. The average molecular weight is 201 g/mol. The Bertz CT molecular complexity index is 194. The molecule has 1 N–H and O–H groups in total. The van der Waals surface area contributed by atoms with Gasteiger partial charge in [0.1, 0.15) is 0 Å². The van der Waals surface area contributed by atoms with Gasteiger partial charge in [0.25, 0.3) is 0 Å². The summed E-state index contributed by atoms with van der Waals surface area (Å²) in [5.74, 6) is 0.742. The van der Waals surface area contributed by atoms with Crippen LogP contribution < -0.4 is 0 Å². The van der Waals surface area contributed by atoms with Gasteiger partial charge in [-0.3, -0.25) is 0 Å². The van der Waals surface area contributed by atoms with Crippen LogP contribution in [0.1, 0.15) is 20.3 Å². The number of carbonyl (C=O) groups is 1. The Morgan fingerprint density at radius 1 is 1.64 bits per heavy atom. The normalized spacial score (nSPS) is 22.7. The Morgan fingerprint density at radius 2 is 2.36 bits per heavy atom. The van der Waals surface area contributed by atoms with Crippen molar-refractivity contribution < 1.29 is 14.6 Å². The number of ether oxygens (including phenoxy) is 1. The first-order valence-electron chi connectivity index (χ1n) is 5.16. The minimum absolute atomic E-state index is 0.164. The van der Waals surface area contributed by atoms with E-state index < -0.39 is 0 Å². The average Bonchev–Trinajstić information content (AvgIpc) is 2.10. The predicted octanol–water partition coefficient (Wildman–Crippen LogP) is 1.09.